The Bertz CT molecular complexity index is 495. The Hall–Kier alpha value is -2.30. The second-order valence-corrected chi connectivity index (χ2v) is 4.97. The highest BCUT2D eigenvalue weighted by Gasteiger charge is 2.01. The number of nitro groups is 1. The van der Waals surface area contributed by atoms with Gasteiger partial charge in [0.05, 0.1) is 0 Å². The van der Waals surface area contributed by atoms with Gasteiger partial charge in [0.1, 0.15) is 6.61 Å². The number of ether oxygens (including phenoxy) is 1. The number of allylic oxidation sites excluding steroid dienone is 2. The predicted octanol–water partition coefficient (Wildman–Crippen LogP) is 3.03. The molecular weight excluding hydrogens is 268 g/mol. The second-order valence-electron chi connectivity index (χ2n) is 4.97. The largest absolute Gasteiger partial charge is 0.475 e. The number of benzene rings is 1. The van der Waals surface area contributed by atoms with E-state index in [1.54, 1.807) is 0 Å². The van der Waals surface area contributed by atoms with Crippen LogP contribution in [0.2, 0.25) is 0 Å². The lowest BCUT2D eigenvalue weighted by atomic mass is 10.1. The smallest absolute Gasteiger partial charge is 0.207 e. The van der Waals surface area contributed by atoms with Crippen LogP contribution in [0.15, 0.2) is 48.9 Å². The molecule has 0 radical (unpaired) electrons. The number of nitrogens with zero attached hydrogens (tertiary/aromatic N) is 1. The number of rotatable bonds is 9. The van der Waals surface area contributed by atoms with Crippen molar-refractivity contribution in [3.63, 3.8) is 0 Å². The van der Waals surface area contributed by atoms with Crippen LogP contribution in [0.25, 0.3) is 0 Å². The molecule has 0 bridgehead atoms. The van der Waals surface area contributed by atoms with Crippen molar-refractivity contribution in [2.45, 2.75) is 26.4 Å². The van der Waals surface area contributed by atoms with Crippen molar-refractivity contribution in [3.8, 4) is 0 Å². The minimum atomic E-state index is -0.313. The summed E-state index contributed by atoms with van der Waals surface area (Å²) < 4.78 is 5.46. The van der Waals surface area contributed by atoms with Crippen LogP contribution in [0.1, 0.15) is 24.5 Å². The van der Waals surface area contributed by atoms with Crippen LogP contribution in [0.4, 0.5) is 0 Å². The third-order valence-electron chi connectivity index (χ3n) is 3.10. The lowest BCUT2D eigenvalue weighted by molar-refractivity contribution is -0.479. The van der Waals surface area contributed by atoms with Gasteiger partial charge in [0, 0.05) is 11.3 Å². The van der Waals surface area contributed by atoms with Crippen LogP contribution in [-0.2, 0) is 17.8 Å². The molecule has 0 aromatic heterocycles. The molecule has 0 aliphatic rings. The molecule has 0 saturated carbocycles. The SMILES string of the molecule is C=CC(C)C/C=C(\N)OCc1ccc(CC[N+](=O)[O-])cc1. The summed E-state index contributed by atoms with van der Waals surface area (Å²) in [5, 5.41) is 10.3. The third kappa shape index (κ3) is 7.15. The van der Waals surface area contributed by atoms with E-state index in [9.17, 15) is 10.1 Å². The Kier molecular flexibility index (Phi) is 7.01. The molecule has 1 atom stereocenters. The maximum absolute atomic E-state index is 10.3. The van der Waals surface area contributed by atoms with Gasteiger partial charge >= 0.3 is 0 Å². The zero-order valence-corrected chi connectivity index (χ0v) is 12.3. The van der Waals surface area contributed by atoms with Gasteiger partial charge in [-0.25, -0.2) is 0 Å². The van der Waals surface area contributed by atoms with Gasteiger partial charge < -0.3 is 10.5 Å². The van der Waals surface area contributed by atoms with Crippen LogP contribution in [0, 0.1) is 16.0 Å². The molecule has 0 fully saturated rings. The molecule has 0 heterocycles. The summed E-state index contributed by atoms with van der Waals surface area (Å²) in [5.41, 5.74) is 7.69. The fourth-order valence-corrected chi connectivity index (χ4v) is 1.65. The van der Waals surface area contributed by atoms with E-state index in [0.717, 1.165) is 17.5 Å². The van der Waals surface area contributed by atoms with E-state index < -0.39 is 0 Å². The molecule has 0 saturated heterocycles. The summed E-state index contributed by atoms with van der Waals surface area (Å²) in [4.78, 5) is 9.99. The summed E-state index contributed by atoms with van der Waals surface area (Å²) in [5.74, 6) is 0.772. The highest BCUT2D eigenvalue weighted by Crippen LogP contribution is 2.09. The Morgan fingerprint density at radius 2 is 2.05 bits per heavy atom. The fourth-order valence-electron chi connectivity index (χ4n) is 1.65. The van der Waals surface area contributed by atoms with Crippen LogP contribution < -0.4 is 5.73 Å². The van der Waals surface area contributed by atoms with Gasteiger partial charge in [-0.3, -0.25) is 10.1 Å². The Morgan fingerprint density at radius 3 is 2.62 bits per heavy atom. The lowest BCUT2D eigenvalue weighted by Crippen LogP contribution is -2.05. The zero-order valence-electron chi connectivity index (χ0n) is 12.3. The van der Waals surface area contributed by atoms with E-state index in [1.165, 1.54) is 0 Å². The lowest BCUT2D eigenvalue weighted by Gasteiger charge is -2.08. The maximum Gasteiger partial charge on any atom is 0.207 e. The highest BCUT2D eigenvalue weighted by atomic mass is 16.6. The van der Waals surface area contributed by atoms with Gasteiger partial charge in [-0.05, 0) is 29.5 Å². The minimum absolute atomic E-state index is 0.0486. The molecule has 1 aromatic rings. The molecule has 0 aliphatic carbocycles. The first-order valence-electron chi connectivity index (χ1n) is 6.92. The molecule has 0 spiro atoms. The van der Waals surface area contributed by atoms with Crippen molar-refractivity contribution in [1.29, 1.82) is 0 Å². The van der Waals surface area contributed by atoms with Crippen molar-refractivity contribution in [2.75, 3.05) is 6.54 Å². The van der Waals surface area contributed by atoms with Crippen molar-refractivity contribution >= 4 is 0 Å². The molecule has 5 nitrogen and oxygen atoms in total. The van der Waals surface area contributed by atoms with Gasteiger partial charge in [-0.15, -0.1) is 6.58 Å². The average Bonchev–Trinajstić information content (AvgIpc) is 2.49. The number of hydrogen-bond acceptors (Lipinski definition) is 4. The average molecular weight is 290 g/mol. The van der Waals surface area contributed by atoms with E-state index in [1.807, 2.05) is 36.4 Å². The summed E-state index contributed by atoms with van der Waals surface area (Å²) in [7, 11) is 0. The van der Waals surface area contributed by atoms with E-state index in [2.05, 4.69) is 13.5 Å². The van der Waals surface area contributed by atoms with Gasteiger partial charge in [0.15, 0.2) is 5.88 Å². The standard InChI is InChI=1S/C16H22N2O3/c1-3-13(2)4-9-16(17)21-12-15-7-5-14(6-8-15)10-11-18(19)20/h3,5-9,13H,1,4,10-12,17H2,2H3/b16-9+. The van der Waals surface area contributed by atoms with Crippen molar-refractivity contribution in [1.82, 2.24) is 0 Å². The first-order valence-corrected chi connectivity index (χ1v) is 6.92. The molecule has 2 N–H and O–H groups in total. The van der Waals surface area contributed by atoms with E-state index in [0.29, 0.717) is 24.8 Å². The summed E-state index contributed by atoms with van der Waals surface area (Å²) >= 11 is 0. The zero-order chi connectivity index (χ0) is 15.7. The molecule has 0 amide bonds. The normalized spacial score (nSPS) is 12.7. The maximum atomic E-state index is 10.3. The van der Waals surface area contributed by atoms with Crippen LogP contribution in [0.3, 0.4) is 0 Å². The van der Waals surface area contributed by atoms with E-state index >= 15 is 0 Å². The Morgan fingerprint density at radius 1 is 1.43 bits per heavy atom. The Balaban J connectivity index is 2.41. The summed E-state index contributed by atoms with van der Waals surface area (Å²) in [6, 6.07) is 7.55. The molecule has 1 unspecified atom stereocenters. The van der Waals surface area contributed by atoms with Gasteiger partial charge in [0.25, 0.3) is 0 Å². The van der Waals surface area contributed by atoms with Crippen LogP contribution >= 0.6 is 0 Å². The molecule has 1 aromatic carbocycles. The van der Waals surface area contributed by atoms with Gasteiger partial charge in [-0.1, -0.05) is 37.3 Å². The first-order chi connectivity index (χ1) is 10.0. The topological polar surface area (TPSA) is 78.4 Å². The predicted molar refractivity (Wildman–Crippen MR) is 83.0 cm³/mol. The van der Waals surface area contributed by atoms with Crippen molar-refractivity contribution < 1.29 is 9.66 Å². The summed E-state index contributed by atoms with van der Waals surface area (Å²) in [6.07, 6.45) is 4.95. The first kappa shape index (κ1) is 16.8. The molecule has 5 heteroatoms. The van der Waals surface area contributed by atoms with E-state index in [-0.39, 0.29) is 11.5 Å². The van der Waals surface area contributed by atoms with E-state index in [4.69, 9.17) is 10.5 Å². The third-order valence-corrected chi connectivity index (χ3v) is 3.10. The molecular formula is C16H22N2O3. The van der Waals surface area contributed by atoms with Gasteiger partial charge in [0.2, 0.25) is 6.54 Å². The quantitative estimate of drug-likeness (QED) is 0.328. The van der Waals surface area contributed by atoms with Gasteiger partial charge in [-0.2, -0.15) is 0 Å². The Labute approximate surface area is 125 Å². The monoisotopic (exact) mass is 290 g/mol. The molecule has 21 heavy (non-hydrogen) atoms. The molecule has 0 aliphatic heterocycles. The fraction of sp³-hybridized carbons (Fsp3) is 0.375. The minimum Gasteiger partial charge on any atom is -0.475 e. The molecule has 1 rings (SSSR count). The van der Waals surface area contributed by atoms with Crippen molar-refractivity contribution in [3.05, 3.63) is 70.1 Å². The summed E-state index contributed by atoms with van der Waals surface area (Å²) in [6.45, 7) is 6.11. The molecule has 114 valence electrons. The number of hydrogen-bond donors (Lipinski definition) is 1. The van der Waals surface area contributed by atoms with Crippen molar-refractivity contribution in [2.24, 2.45) is 11.7 Å². The van der Waals surface area contributed by atoms with Crippen LogP contribution in [-0.4, -0.2) is 11.5 Å². The number of nitrogens with two attached hydrogens (primary N) is 1. The second kappa shape index (κ2) is 8.79. The highest BCUT2D eigenvalue weighted by molar-refractivity contribution is 5.22. The van der Waals surface area contributed by atoms with Crippen LogP contribution in [0.5, 0.6) is 0 Å².